The molecule has 2 aliphatic rings. The fourth-order valence-corrected chi connectivity index (χ4v) is 3.71. The number of hydrogen-bond donors (Lipinski definition) is 1. The van der Waals surface area contributed by atoms with Crippen LogP contribution < -0.4 is 10.6 Å². The van der Waals surface area contributed by atoms with Gasteiger partial charge in [-0.2, -0.15) is 0 Å². The number of nitrogens with two attached hydrogens (primary N) is 1. The molecule has 1 aromatic heterocycles. The van der Waals surface area contributed by atoms with Crippen LogP contribution in [-0.2, 0) is 0 Å². The van der Waals surface area contributed by atoms with Gasteiger partial charge in [-0.3, -0.25) is 4.90 Å². The number of nitrogens with zero attached hydrogens (tertiary/aromatic N) is 3. The number of pyridine rings is 1. The average Bonchev–Trinajstić information content (AvgIpc) is 2.57. The summed E-state index contributed by atoms with van der Waals surface area (Å²) in [7, 11) is 0. The van der Waals surface area contributed by atoms with Gasteiger partial charge in [-0.25, -0.2) is 4.98 Å². The van der Waals surface area contributed by atoms with Crippen molar-refractivity contribution in [3.63, 3.8) is 0 Å². The fourth-order valence-electron chi connectivity index (χ4n) is 3.71. The molecule has 3 rings (SSSR count). The van der Waals surface area contributed by atoms with E-state index in [-0.39, 0.29) is 0 Å². The van der Waals surface area contributed by atoms with E-state index in [1.165, 1.54) is 32.1 Å². The molecule has 0 bridgehead atoms. The molecule has 1 saturated heterocycles. The summed E-state index contributed by atoms with van der Waals surface area (Å²) in [5, 5.41) is 0. The zero-order chi connectivity index (χ0) is 14.5. The standard InChI is InChI=1S/C17H28N4/c18-16(15-6-2-1-3-7-15)14-20-10-12-21(13-11-20)17-8-4-5-9-19-17/h4-5,8-9,15-16H,1-3,6-7,10-14,18H2. The number of hydrogen-bond acceptors (Lipinski definition) is 4. The summed E-state index contributed by atoms with van der Waals surface area (Å²) >= 11 is 0. The lowest BCUT2D eigenvalue weighted by molar-refractivity contribution is 0.198. The van der Waals surface area contributed by atoms with Gasteiger partial charge in [-0.15, -0.1) is 0 Å². The number of piperazine rings is 1. The van der Waals surface area contributed by atoms with E-state index >= 15 is 0 Å². The summed E-state index contributed by atoms with van der Waals surface area (Å²) < 4.78 is 0. The minimum atomic E-state index is 0.367. The van der Waals surface area contributed by atoms with E-state index in [4.69, 9.17) is 5.73 Å². The van der Waals surface area contributed by atoms with E-state index in [1.807, 2.05) is 12.3 Å². The maximum atomic E-state index is 6.46. The highest BCUT2D eigenvalue weighted by Gasteiger charge is 2.24. The van der Waals surface area contributed by atoms with Gasteiger partial charge in [0.25, 0.3) is 0 Å². The van der Waals surface area contributed by atoms with Crippen molar-refractivity contribution < 1.29 is 0 Å². The molecule has 0 amide bonds. The predicted octanol–water partition coefficient (Wildman–Crippen LogP) is 2.11. The van der Waals surface area contributed by atoms with E-state index in [9.17, 15) is 0 Å². The molecule has 1 saturated carbocycles. The molecule has 116 valence electrons. The molecular weight excluding hydrogens is 260 g/mol. The quantitative estimate of drug-likeness (QED) is 0.922. The highest BCUT2D eigenvalue weighted by molar-refractivity contribution is 5.38. The SMILES string of the molecule is NC(CN1CCN(c2ccccn2)CC1)C1CCCCC1. The van der Waals surface area contributed by atoms with Crippen molar-refractivity contribution >= 4 is 5.82 Å². The molecule has 1 unspecified atom stereocenters. The number of rotatable bonds is 4. The summed E-state index contributed by atoms with van der Waals surface area (Å²) in [6, 6.07) is 6.51. The van der Waals surface area contributed by atoms with Gasteiger partial charge in [0.05, 0.1) is 0 Å². The molecule has 1 aromatic rings. The molecule has 1 aliphatic carbocycles. The second-order valence-electron chi connectivity index (χ2n) is 6.54. The molecule has 0 aromatic carbocycles. The third-order valence-electron chi connectivity index (χ3n) is 5.07. The van der Waals surface area contributed by atoms with Gasteiger partial charge in [0.2, 0.25) is 0 Å². The topological polar surface area (TPSA) is 45.4 Å². The first-order valence-electron chi connectivity index (χ1n) is 8.47. The van der Waals surface area contributed by atoms with Crippen molar-refractivity contribution in [3.05, 3.63) is 24.4 Å². The van der Waals surface area contributed by atoms with Gasteiger partial charge < -0.3 is 10.6 Å². The Kier molecular flexibility index (Phi) is 5.09. The van der Waals surface area contributed by atoms with Crippen molar-refractivity contribution in [1.29, 1.82) is 0 Å². The van der Waals surface area contributed by atoms with Gasteiger partial charge in [0.15, 0.2) is 0 Å². The second kappa shape index (κ2) is 7.23. The molecule has 2 N–H and O–H groups in total. The normalized spacial score (nSPS) is 23.2. The minimum absolute atomic E-state index is 0.367. The average molecular weight is 288 g/mol. The van der Waals surface area contributed by atoms with Gasteiger partial charge >= 0.3 is 0 Å². The largest absolute Gasteiger partial charge is 0.354 e. The molecule has 0 radical (unpaired) electrons. The van der Waals surface area contributed by atoms with Crippen molar-refractivity contribution in [2.75, 3.05) is 37.6 Å². The van der Waals surface area contributed by atoms with Crippen molar-refractivity contribution in [2.24, 2.45) is 11.7 Å². The zero-order valence-electron chi connectivity index (χ0n) is 13.0. The summed E-state index contributed by atoms with van der Waals surface area (Å²) in [5.41, 5.74) is 6.46. The van der Waals surface area contributed by atoms with E-state index in [1.54, 1.807) is 0 Å². The Balaban J connectivity index is 1.45. The number of aromatic nitrogens is 1. The summed E-state index contributed by atoms with van der Waals surface area (Å²) in [5.74, 6) is 1.86. The van der Waals surface area contributed by atoms with Crippen molar-refractivity contribution in [2.45, 2.75) is 38.1 Å². The van der Waals surface area contributed by atoms with E-state index < -0.39 is 0 Å². The van der Waals surface area contributed by atoms with Gasteiger partial charge in [0.1, 0.15) is 5.82 Å². The van der Waals surface area contributed by atoms with Gasteiger partial charge in [-0.1, -0.05) is 25.3 Å². The molecule has 4 heteroatoms. The third-order valence-corrected chi connectivity index (χ3v) is 5.07. The van der Waals surface area contributed by atoms with Crippen LogP contribution in [0.3, 0.4) is 0 Å². The Morgan fingerprint density at radius 2 is 1.86 bits per heavy atom. The molecule has 1 atom stereocenters. The summed E-state index contributed by atoms with van der Waals surface area (Å²) in [6.45, 7) is 5.41. The van der Waals surface area contributed by atoms with Crippen LogP contribution in [-0.4, -0.2) is 48.6 Å². The molecule has 4 nitrogen and oxygen atoms in total. The van der Waals surface area contributed by atoms with Crippen LogP contribution in [0.2, 0.25) is 0 Å². The maximum absolute atomic E-state index is 6.46. The fraction of sp³-hybridized carbons (Fsp3) is 0.706. The Bertz CT molecular complexity index is 408. The van der Waals surface area contributed by atoms with Crippen molar-refractivity contribution in [1.82, 2.24) is 9.88 Å². The second-order valence-corrected chi connectivity index (χ2v) is 6.54. The highest BCUT2D eigenvalue weighted by Crippen LogP contribution is 2.26. The first-order valence-corrected chi connectivity index (χ1v) is 8.47. The predicted molar refractivity (Wildman–Crippen MR) is 87.4 cm³/mol. The lowest BCUT2D eigenvalue weighted by atomic mass is 9.84. The van der Waals surface area contributed by atoms with Crippen LogP contribution in [0.25, 0.3) is 0 Å². The van der Waals surface area contributed by atoms with E-state index in [0.29, 0.717) is 6.04 Å². The van der Waals surface area contributed by atoms with Crippen LogP contribution in [0.5, 0.6) is 0 Å². The lowest BCUT2D eigenvalue weighted by Crippen LogP contribution is -2.51. The maximum Gasteiger partial charge on any atom is 0.128 e. The first kappa shape index (κ1) is 14.8. The summed E-state index contributed by atoms with van der Waals surface area (Å²) in [4.78, 5) is 9.36. The third kappa shape index (κ3) is 3.95. The van der Waals surface area contributed by atoms with Crippen LogP contribution in [0, 0.1) is 5.92 Å². The van der Waals surface area contributed by atoms with Crippen LogP contribution in [0.4, 0.5) is 5.82 Å². The smallest absolute Gasteiger partial charge is 0.128 e. The van der Waals surface area contributed by atoms with Crippen LogP contribution >= 0.6 is 0 Å². The van der Waals surface area contributed by atoms with Gasteiger partial charge in [0, 0.05) is 45.0 Å². The van der Waals surface area contributed by atoms with Crippen LogP contribution in [0.15, 0.2) is 24.4 Å². The Labute approximate surface area is 128 Å². The van der Waals surface area contributed by atoms with E-state index in [0.717, 1.165) is 44.5 Å². The molecule has 0 spiro atoms. The molecule has 2 fully saturated rings. The Hall–Kier alpha value is -1.13. The Morgan fingerprint density at radius 3 is 2.52 bits per heavy atom. The molecule has 2 heterocycles. The van der Waals surface area contributed by atoms with Crippen molar-refractivity contribution in [3.8, 4) is 0 Å². The van der Waals surface area contributed by atoms with Crippen LogP contribution in [0.1, 0.15) is 32.1 Å². The molecule has 21 heavy (non-hydrogen) atoms. The monoisotopic (exact) mass is 288 g/mol. The van der Waals surface area contributed by atoms with Gasteiger partial charge in [-0.05, 0) is 30.9 Å². The number of anilines is 1. The first-order chi connectivity index (χ1) is 10.3. The zero-order valence-corrected chi connectivity index (χ0v) is 13.0. The lowest BCUT2D eigenvalue weighted by Gasteiger charge is -2.38. The van der Waals surface area contributed by atoms with E-state index in [2.05, 4.69) is 26.9 Å². The minimum Gasteiger partial charge on any atom is -0.354 e. The Morgan fingerprint density at radius 1 is 1.10 bits per heavy atom. The highest BCUT2D eigenvalue weighted by atomic mass is 15.3. The molecule has 1 aliphatic heterocycles. The molecular formula is C17H28N4. The summed E-state index contributed by atoms with van der Waals surface area (Å²) in [6.07, 6.45) is 8.73.